The number of pyridine rings is 1. The standard InChI is InChI=1S/C22H20F2N5O3/c1-2-10-28-21(30)19-20(26-18(29(19)32)13-16-5-3-4-9-25-16)27(22(28)31)11-8-14-6-7-15(23)12-17(14)24/h3-7,9,12H,2,8,10-11,13H2,1H3/q-1. The summed E-state index contributed by atoms with van der Waals surface area (Å²) in [6.07, 6.45) is 2.20. The third-order valence-electron chi connectivity index (χ3n) is 5.18. The zero-order valence-electron chi connectivity index (χ0n) is 17.3. The highest BCUT2D eigenvalue weighted by Crippen LogP contribution is 2.15. The van der Waals surface area contributed by atoms with Gasteiger partial charge in [-0.3, -0.25) is 18.9 Å². The SMILES string of the molecule is CCCn1c(=O)c2c(nc(Cc3ccccn3)n2[O-])n(CCc2ccc(F)cc2F)c1=O. The normalized spacial score (nSPS) is 11.3. The summed E-state index contributed by atoms with van der Waals surface area (Å²) in [4.78, 5) is 34.4. The minimum Gasteiger partial charge on any atom is -0.804 e. The Kier molecular flexibility index (Phi) is 5.85. The van der Waals surface area contributed by atoms with Crippen LogP contribution >= 0.6 is 0 Å². The van der Waals surface area contributed by atoms with Gasteiger partial charge in [0.2, 0.25) is 0 Å². The van der Waals surface area contributed by atoms with Crippen molar-refractivity contribution in [1.29, 1.82) is 0 Å². The van der Waals surface area contributed by atoms with Crippen LogP contribution in [-0.2, 0) is 25.9 Å². The van der Waals surface area contributed by atoms with Gasteiger partial charge in [-0.2, -0.15) is 0 Å². The van der Waals surface area contributed by atoms with Crippen molar-refractivity contribution in [3.8, 4) is 0 Å². The Balaban J connectivity index is 1.83. The van der Waals surface area contributed by atoms with Gasteiger partial charge < -0.3 is 9.94 Å². The van der Waals surface area contributed by atoms with Crippen LogP contribution in [0.25, 0.3) is 11.2 Å². The van der Waals surface area contributed by atoms with Gasteiger partial charge >= 0.3 is 5.69 Å². The van der Waals surface area contributed by atoms with Crippen LogP contribution in [0.4, 0.5) is 8.78 Å². The molecule has 0 aliphatic carbocycles. The van der Waals surface area contributed by atoms with E-state index in [-0.39, 0.29) is 48.5 Å². The lowest BCUT2D eigenvalue weighted by Crippen LogP contribution is -2.40. The first-order valence-electron chi connectivity index (χ1n) is 10.2. The van der Waals surface area contributed by atoms with Crippen molar-refractivity contribution in [3.05, 3.63) is 97.4 Å². The molecule has 10 heteroatoms. The quantitative estimate of drug-likeness (QED) is 0.440. The molecule has 1 aromatic carbocycles. The van der Waals surface area contributed by atoms with Crippen LogP contribution in [0.2, 0.25) is 0 Å². The Morgan fingerprint density at radius 2 is 1.88 bits per heavy atom. The van der Waals surface area contributed by atoms with Crippen LogP contribution in [0.3, 0.4) is 0 Å². The van der Waals surface area contributed by atoms with E-state index in [9.17, 15) is 23.6 Å². The van der Waals surface area contributed by atoms with E-state index in [0.717, 1.165) is 16.7 Å². The summed E-state index contributed by atoms with van der Waals surface area (Å²) < 4.78 is 29.9. The molecule has 0 aliphatic heterocycles. The van der Waals surface area contributed by atoms with Gasteiger partial charge in [-0.25, -0.2) is 18.6 Å². The Morgan fingerprint density at radius 1 is 1.06 bits per heavy atom. The van der Waals surface area contributed by atoms with E-state index in [1.54, 1.807) is 31.3 Å². The minimum absolute atomic E-state index is 0.0335. The van der Waals surface area contributed by atoms with Gasteiger partial charge in [0.05, 0.1) is 0 Å². The van der Waals surface area contributed by atoms with Crippen molar-refractivity contribution in [1.82, 2.24) is 23.8 Å². The molecule has 4 aromatic rings. The second kappa shape index (κ2) is 8.74. The average Bonchev–Trinajstić information content (AvgIpc) is 3.09. The number of nitrogens with zero attached hydrogens (tertiary/aromatic N) is 5. The van der Waals surface area contributed by atoms with Gasteiger partial charge in [-0.05, 0) is 36.6 Å². The van der Waals surface area contributed by atoms with E-state index in [0.29, 0.717) is 16.8 Å². The van der Waals surface area contributed by atoms with E-state index < -0.39 is 22.9 Å². The predicted molar refractivity (Wildman–Crippen MR) is 114 cm³/mol. The molecule has 0 amide bonds. The molecule has 0 spiro atoms. The summed E-state index contributed by atoms with van der Waals surface area (Å²) in [6, 6.07) is 8.42. The monoisotopic (exact) mass is 440 g/mol. The maximum absolute atomic E-state index is 14.1. The van der Waals surface area contributed by atoms with E-state index in [4.69, 9.17) is 0 Å². The maximum atomic E-state index is 14.1. The molecule has 0 unspecified atom stereocenters. The first-order chi connectivity index (χ1) is 15.4. The van der Waals surface area contributed by atoms with Crippen LogP contribution in [-0.4, -0.2) is 23.8 Å². The van der Waals surface area contributed by atoms with Crippen LogP contribution in [0.5, 0.6) is 0 Å². The zero-order valence-corrected chi connectivity index (χ0v) is 17.3. The molecule has 0 N–H and O–H groups in total. The average molecular weight is 440 g/mol. The number of rotatable bonds is 7. The number of aryl methyl sites for hydroxylation is 2. The highest BCUT2D eigenvalue weighted by Gasteiger charge is 2.19. The minimum atomic E-state index is -0.735. The number of hydrogen-bond donors (Lipinski definition) is 0. The lowest BCUT2D eigenvalue weighted by molar-refractivity contribution is 0.542. The zero-order chi connectivity index (χ0) is 22.8. The summed E-state index contributed by atoms with van der Waals surface area (Å²) in [5.41, 5.74) is -0.870. The summed E-state index contributed by atoms with van der Waals surface area (Å²) in [6.45, 7) is 1.89. The Bertz CT molecular complexity index is 1390. The third kappa shape index (κ3) is 3.91. The van der Waals surface area contributed by atoms with E-state index >= 15 is 0 Å². The molecule has 0 saturated heterocycles. The molecule has 0 saturated carbocycles. The summed E-state index contributed by atoms with van der Waals surface area (Å²) in [5.74, 6) is -1.40. The second-order valence-electron chi connectivity index (χ2n) is 7.37. The van der Waals surface area contributed by atoms with Gasteiger partial charge in [-0.15, -0.1) is 0 Å². The number of imidazole rings is 1. The van der Waals surface area contributed by atoms with Crippen molar-refractivity contribution in [2.75, 3.05) is 0 Å². The number of aromatic nitrogens is 5. The third-order valence-corrected chi connectivity index (χ3v) is 5.18. The molecule has 0 aliphatic rings. The van der Waals surface area contributed by atoms with Gasteiger partial charge in [-0.1, -0.05) is 19.1 Å². The Morgan fingerprint density at radius 3 is 2.56 bits per heavy atom. The lowest BCUT2D eigenvalue weighted by atomic mass is 10.1. The predicted octanol–water partition coefficient (Wildman–Crippen LogP) is 2.62. The van der Waals surface area contributed by atoms with Crippen LogP contribution in [0.1, 0.15) is 30.4 Å². The van der Waals surface area contributed by atoms with Crippen molar-refractivity contribution >= 4 is 11.2 Å². The summed E-state index contributed by atoms with van der Waals surface area (Å²) in [7, 11) is 0. The van der Waals surface area contributed by atoms with Crippen molar-refractivity contribution in [3.63, 3.8) is 0 Å². The molecular formula is C22H20F2N5O3-. The smallest absolute Gasteiger partial charge is 0.332 e. The molecule has 32 heavy (non-hydrogen) atoms. The van der Waals surface area contributed by atoms with Gasteiger partial charge in [0.1, 0.15) is 23.0 Å². The summed E-state index contributed by atoms with van der Waals surface area (Å²) >= 11 is 0. The van der Waals surface area contributed by atoms with Crippen LogP contribution < -0.4 is 11.2 Å². The molecule has 166 valence electrons. The number of hydrogen-bond acceptors (Lipinski definition) is 5. The molecule has 0 radical (unpaired) electrons. The van der Waals surface area contributed by atoms with E-state index in [1.165, 1.54) is 10.6 Å². The number of benzene rings is 1. The molecule has 0 bridgehead atoms. The fourth-order valence-corrected chi connectivity index (χ4v) is 3.62. The topological polar surface area (TPSA) is 97.8 Å². The second-order valence-corrected chi connectivity index (χ2v) is 7.37. The molecule has 8 nitrogen and oxygen atoms in total. The lowest BCUT2D eigenvalue weighted by Gasteiger charge is -2.14. The Hall–Kier alpha value is -3.82. The largest absolute Gasteiger partial charge is 0.804 e. The van der Waals surface area contributed by atoms with Crippen LogP contribution in [0, 0.1) is 16.8 Å². The molecular weight excluding hydrogens is 420 g/mol. The highest BCUT2D eigenvalue weighted by atomic mass is 19.1. The number of fused-ring (bicyclic) bond motifs is 1. The Labute approximate surface area is 181 Å². The van der Waals surface area contributed by atoms with Gasteiger partial charge in [0.15, 0.2) is 5.65 Å². The maximum Gasteiger partial charge on any atom is 0.332 e. The summed E-state index contributed by atoms with van der Waals surface area (Å²) in [5, 5.41) is 12.9. The van der Waals surface area contributed by atoms with Crippen molar-refractivity contribution in [2.24, 2.45) is 0 Å². The molecule has 0 fully saturated rings. The first-order valence-corrected chi connectivity index (χ1v) is 10.2. The molecule has 3 aromatic heterocycles. The fourth-order valence-electron chi connectivity index (χ4n) is 3.62. The number of halogens is 2. The van der Waals surface area contributed by atoms with Crippen LogP contribution in [0.15, 0.2) is 52.2 Å². The van der Waals surface area contributed by atoms with E-state index in [1.807, 2.05) is 0 Å². The van der Waals surface area contributed by atoms with Gasteiger partial charge in [0.25, 0.3) is 5.56 Å². The molecule has 0 atom stereocenters. The molecule has 3 heterocycles. The van der Waals surface area contributed by atoms with Crippen molar-refractivity contribution in [2.45, 2.75) is 39.3 Å². The first kappa shape index (κ1) is 21.4. The van der Waals surface area contributed by atoms with Gasteiger partial charge in [0, 0.05) is 37.5 Å². The molecule has 4 rings (SSSR count). The van der Waals surface area contributed by atoms with E-state index in [2.05, 4.69) is 9.97 Å². The fraction of sp³-hybridized carbons (Fsp3) is 0.273. The van der Waals surface area contributed by atoms with Crippen molar-refractivity contribution < 1.29 is 8.78 Å². The highest BCUT2D eigenvalue weighted by molar-refractivity contribution is 5.71.